The number of hydrogen-bond donors (Lipinski definition) is 1. The molecule has 3 rings (SSSR count). The summed E-state index contributed by atoms with van der Waals surface area (Å²) in [6.45, 7) is 1.34. The van der Waals surface area contributed by atoms with Crippen molar-refractivity contribution in [3.05, 3.63) is 57.8 Å². The molecule has 1 fully saturated rings. The summed E-state index contributed by atoms with van der Waals surface area (Å²) in [6, 6.07) is 11.2. The summed E-state index contributed by atoms with van der Waals surface area (Å²) in [5.41, 5.74) is -0.470. The van der Waals surface area contributed by atoms with Crippen molar-refractivity contribution in [1.29, 1.82) is 5.26 Å². The predicted octanol–water partition coefficient (Wildman–Crippen LogP) is 4.38. The molecule has 0 radical (unpaired) electrons. The van der Waals surface area contributed by atoms with Crippen LogP contribution in [0.1, 0.15) is 5.56 Å². The Bertz CT molecular complexity index is 833. The first kappa shape index (κ1) is 19.3. The lowest BCUT2D eigenvalue weighted by atomic mass is 9.83. The molecule has 4 nitrogen and oxygen atoms in total. The first-order valence-electron chi connectivity index (χ1n) is 7.76. The number of nitrogens with zero attached hydrogens (tertiary/aromatic N) is 2. The van der Waals surface area contributed by atoms with Gasteiger partial charge in [0.25, 0.3) is 0 Å². The molecule has 8 heteroatoms. The van der Waals surface area contributed by atoms with Crippen LogP contribution in [0.5, 0.6) is 5.75 Å². The van der Waals surface area contributed by atoms with E-state index < -0.39 is 11.2 Å². The summed E-state index contributed by atoms with van der Waals surface area (Å²) < 4.78 is 21.3. The van der Waals surface area contributed by atoms with E-state index in [4.69, 9.17) is 33.2 Å². The van der Waals surface area contributed by atoms with Crippen molar-refractivity contribution in [1.82, 2.24) is 4.31 Å². The van der Waals surface area contributed by atoms with Crippen molar-refractivity contribution in [2.45, 2.75) is 4.90 Å². The van der Waals surface area contributed by atoms with E-state index in [1.54, 1.807) is 30.3 Å². The maximum Gasteiger partial charge on any atom is 0.144 e. The van der Waals surface area contributed by atoms with E-state index in [0.29, 0.717) is 28.9 Å². The Morgan fingerprint density at radius 1 is 1.27 bits per heavy atom. The molecule has 0 aliphatic carbocycles. The highest BCUT2D eigenvalue weighted by Gasteiger charge is 2.44. The van der Waals surface area contributed by atoms with Gasteiger partial charge in [-0.1, -0.05) is 29.3 Å². The average Bonchev–Trinajstić information content (AvgIpc) is 2.59. The number of ether oxygens (including phenoxy) is 1. The van der Waals surface area contributed by atoms with Gasteiger partial charge in [-0.15, -0.1) is 0 Å². The van der Waals surface area contributed by atoms with E-state index in [2.05, 4.69) is 0 Å². The van der Waals surface area contributed by atoms with E-state index in [9.17, 15) is 9.50 Å². The Morgan fingerprint density at radius 2 is 1.96 bits per heavy atom. The van der Waals surface area contributed by atoms with Crippen LogP contribution in [0.25, 0.3) is 0 Å². The minimum absolute atomic E-state index is 0.0305. The van der Waals surface area contributed by atoms with Gasteiger partial charge in [-0.3, -0.25) is 0 Å². The second-order valence-corrected chi connectivity index (χ2v) is 8.06. The molecule has 0 spiro atoms. The van der Waals surface area contributed by atoms with Crippen LogP contribution in [0.15, 0.2) is 41.3 Å². The van der Waals surface area contributed by atoms with E-state index in [0.717, 1.165) is 4.90 Å². The van der Waals surface area contributed by atoms with Crippen molar-refractivity contribution in [2.24, 2.45) is 5.41 Å². The highest BCUT2D eigenvalue weighted by molar-refractivity contribution is 7.97. The smallest absolute Gasteiger partial charge is 0.144 e. The van der Waals surface area contributed by atoms with Gasteiger partial charge in [0, 0.05) is 19.2 Å². The number of nitriles is 1. The summed E-state index contributed by atoms with van der Waals surface area (Å²) in [5, 5.41) is 19.7. The zero-order chi connectivity index (χ0) is 18.7. The third-order valence-electron chi connectivity index (χ3n) is 4.10. The molecular formula is C18H15Cl2FN2O2S. The molecule has 136 valence electrons. The minimum Gasteiger partial charge on any atom is -0.493 e. The third-order valence-corrected chi connectivity index (χ3v) is 6.10. The molecule has 2 aromatic rings. The number of aliphatic hydroxyl groups excluding tert-OH is 1. The number of benzene rings is 2. The maximum atomic E-state index is 13.6. The van der Waals surface area contributed by atoms with E-state index in [1.165, 1.54) is 24.1 Å². The number of aliphatic hydroxyl groups is 1. The SMILES string of the molecule is N#Cc1ccc(OCC2(CO)CN(Sc3c(Cl)cccc3Cl)C2)cc1F. The maximum absolute atomic E-state index is 13.6. The molecule has 1 heterocycles. The quantitative estimate of drug-likeness (QED) is 0.713. The topological polar surface area (TPSA) is 56.5 Å². The highest BCUT2D eigenvalue weighted by Crippen LogP contribution is 2.43. The molecule has 1 aliphatic rings. The molecule has 26 heavy (non-hydrogen) atoms. The van der Waals surface area contributed by atoms with E-state index >= 15 is 0 Å². The molecule has 0 amide bonds. The lowest BCUT2D eigenvalue weighted by Crippen LogP contribution is -2.58. The zero-order valence-electron chi connectivity index (χ0n) is 13.6. The fourth-order valence-corrected chi connectivity index (χ4v) is 4.46. The molecule has 0 aromatic heterocycles. The van der Waals surface area contributed by atoms with E-state index in [1.807, 2.05) is 4.31 Å². The predicted molar refractivity (Wildman–Crippen MR) is 100 cm³/mol. The molecule has 1 saturated heterocycles. The van der Waals surface area contributed by atoms with Crippen molar-refractivity contribution >= 4 is 35.1 Å². The Balaban J connectivity index is 1.59. The summed E-state index contributed by atoms with van der Waals surface area (Å²) in [4.78, 5) is 0.775. The number of halogens is 3. The summed E-state index contributed by atoms with van der Waals surface area (Å²) in [6.07, 6.45) is 0. The van der Waals surface area contributed by atoms with Gasteiger partial charge >= 0.3 is 0 Å². The van der Waals surface area contributed by atoms with Gasteiger partial charge in [-0.2, -0.15) is 5.26 Å². The monoisotopic (exact) mass is 412 g/mol. The Morgan fingerprint density at radius 3 is 2.54 bits per heavy atom. The van der Waals surface area contributed by atoms with Crippen LogP contribution in [-0.4, -0.2) is 35.7 Å². The molecule has 0 saturated carbocycles. The molecule has 2 aromatic carbocycles. The second kappa shape index (κ2) is 8.03. The van der Waals surface area contributed by atoms with Gasteiger partial charge in [0.2, 0.25) is 0 Å². The van der Waals surface area contributed by atoms with Gasteiger partial charge in [-0.25, -0.2) is 8.70 Å². The van der Waals surface area contributed by atoms with Gasteiger partial charge in [0.05, 0.1) is 39.1 Å². The van der Waals surface area contributed by atoms with Crippen molar-refractivity contribution in [3.63, 3.8) is 0 Å². The Labute approximate surface area is 165 Å². The molecule has 1 aliphatic heterocycles. The van der Waals surface area contributed by atoms with Crippen LogP contribution in [0.2, 0.25) is 10.0 Å². The lowest BCUT2D eigenvalue weighted by Gasteiger charge is -2.47. The van der Waals surface area contributed by atoms with Crippen LogP contribution in [0.3, 0.4) is 0 Å². The summed E-state index contributed by atoms with van der Waals surface area (Å²) in [5.74, 6) is -0.295. The largest absolute Gasteiger partial charge is 0.493 e. The Kier molecular flexibility index (Phi) is 5.96. The molecule has 1 N–H and O–H groups in total. The average molecular weight is 413 g/mol. The first-order chi connectivity index (χ1) is 12.5. The van der Waals surface area contributed by atoms with Gasteiger partial charge in [-0.05, 0) is 36.2 Å². The van der Waals surface area contributed by atoms with Crippen molar-refractivity contribution in [2.75, 3.05) is 26.3 Å². The summed E-state index contributed by atoms with van der Waals surface area (Å²) >= 11 is 13.8. The first-order valence-corrected chi connectivity index (χ1v) is 9.29. The van der Waals surface area contributed by atoms with Crippen molar-refractivity contribution < 1.29 is 14.2 Å². The zero-order valence-corrected chi connectivity index (χ0v) is 15.9. The standard InChI is InChI=1S/C18H15Cl2FN2O2S/c19-14-2-1-3-15(20)17(14)26-23-8-18(9-23,10-24)11-25-13-5-4-12(7-22)16(21)6-13/h1-6,24H,8-11H2. The van der Waals surface area contributed by atoms with Gasteiger partial charge in [0.1, 0.15) is 17.6 Å². The van der Waals surface area contributed by atoms with Gasteiger partial charge < -0.3 is 9.84 Å². The summed E-state index contributed by atoms with van der Waals surface area (Å²) in [7, 11) is 0. The molecule has 0 bridgehead atoms. The van der Waals surface area contributed by atoms with Crippen molar-refractivity contribution in [3.8, 4) is 11.8 Å². The van der Waals surface area contributed by atoms with Crippen LogP contribution in [-0.2, 0) is 0 Å². The fraction of sp³-hybridized carbons (Fsp3) is 0.278. The van der Waals surface area contributed by atoms with Crippen LogP contribution in [0, 0.1) is 22.6 Å². The Hall–Kier alpha value is -1.49. The van der Waals surface area contributed by atoms with Crippen LogP contribution >= 0.6 is 35.1 Å². The number of hydrogen-bond acceptors (Lipinski definition) is 5. The highest BCUT2D eigenvalue weighted by atomic mass is 35.5. The third kappa shape index (κ3) is 4.08. The van der Waals surface area contributed by atoms with Crippen LogP contribution in [0.4, 0.5) is 4.39 Å². The molecular weight excluding hydrogens is 398 g/mol. The second-order valence-electron chi connectivity index (χ2n) is 6.14. The molecule has 0 atom stereocenters. The minimum atomic E-state index is -0.623. The fourth-order valence-electron chi connectivity index (χ4n) is 2.61. The lowest BCUT2D eigenvalue weighted by molar-refractivity contribution is -0.0226. The normalized spacial score (nSPS) is 16.0. The van der Waals surface area contributed by atoms with E-state index in [-0.39, 0.29) is 18.8 Å². The number of rotatable bonds is 6. The molecule has 0 unspecified atom stereocenters. The van der Waals surface area contributed by atoms with Crippen LogP contribution < -0.4 is 4.74 Å². The van der Waals surface area contributed by atoms with Gasteiger partial charge in [0.15, 0.2) is 0 Å².